The Morgan fingerprint density at radius 2 is 1.91 bits per heavy atom. The highest BCUT2D eigenvalue weighted by Crippen LogP contribution is 2.18. The number of nitro groups is 1. The third-order valence-corrected chi connectivity index (χ3v) is 3.11. The molecule has 0 radical (unpaired) electrons. The molecule has 1 N–H and O–H groups in total. The molecule has 0 heterocycles. The predicted octanol–water partition coefficient (Wildman–Crippen LogP) is 3.77. The van der Waals surface area contributed by atoms with E-state index < -0.39 is 4.92 Å². The lowest BCUT2D eigenvalue weighted by molar-refractivity contribution is -0.384. The molecule has 2 aromatic rings. The topological polar surface area (TPSA) is 81.5 Å². The zero-order valence-corrected chi connectivity index (χ0v) is 13.0. The summed E-state index contributed by atoms with van der Waals surface area (Å²) in [5, 5.41) is 13.4. The predicted molar refractivity (Wildman–Crippen MR) is 87.4 cm³/mol. The monoisotopic (exact) mass is 314 g/mol. The van der Waals surface area contributed by atoms with E-state index in [1.807, 2.05) is 26.0 Å². The van der Waals surface area contributed by atoms with Gasteiger partial charge in [0.05, 0.1) is 17.6 Å². The first-order valence-electron chi connectivity index (χ1n) is 7.22. The maximum atomic E-state index is 12.2. The van der Waals surface area contributed by atoms with Crippen LogP contribution in [-0.2, 0) is 11.3 Å². The minimum atomic E-state index is -0.501. The van der Waals surface area contributed by atoms with E-state index in [4.69, 9.17) is 4.74 Å². The van der Waals surface area contributed by atoms with Gasteiger partial charge in [0.1, 0.15) is 0 Å². The Kier molecular flexibility index (Phi) is 5.43. The lowest BCUT2D eigenvalue weighted by atomic mass is 10.1. The van der Waals surface area contributed by atoms with Crippen LogP contribution in [0.5, 0.6) is 0 Å². The van der Waals surface area contributed by atoms with E-state index in [0.717, 1.165) is 5.56 Å². The summed E-state index contributed by atoms with van der Waals surface area (Å²) in [7, 11) is 0. The molecular weight excluding hydrogens is 296 g/mol. The number of nitrogens with zero attached hydrogens (tertiary/aromatic N) is 1. The minimum absolute atomic E-state index is 0.0658. The number of nitrogens with one attached hydrogen (secondary N) is 1. The molecular formula is C17H18N2O4. The second-order valence-electron chi connectivity index (χ2n) is 5.32. The zero-order chi connectivity index (χ0) is 16.8. The van der Waals surface area contributed by atoms with Crippen LogP contribution in [0.4, 0.5) is 11.4 Å². The highest BCUT2D eigenvalue weighted by Gasteiger charge is 2.10. The van der Waals surface area contributed by atoms with Crippen molar-refractivity contribution in [1.29, 1.82) is 0 Å². The van der Waals surface area contributed by atoms with Gasteiger partial charge < -0.3 is 10.1 Å². The highest BCUT2D eigenvalue weighted by molar-refractivity contribution is 6.04. The van der Waals surface area contributed by atoms with Gasteiger partial charge in [-0.25, -0.2) is 0 Å². The summed E-state index contributed by atoms with van der Waals surface area (Å²) in [5.74, 6) is -0.318. The Balaban J connectivity index is 2.03. The van der Waals surface area contributed by atoms with Crippen LogP contribution in [0.15, 0.2) is 48.5 Å². The lowest BCUT2D eigenvalue weighted by Gasteiger charge is -2.08. The fraction of sp³-hybridized carbons (Fsp3) is 0.235. The molecule has 0 unspecified atom stereocenters. The third kappa shape index (κ3) is 4.89. The average Bonchev–Trinajstić information content (AvgIpc) is 2.53. The molecule has 0 aliphatic carbocycles. The summed E-state index contributed by atoms with van der Waals surface area (Å²) in [5.41, 5.74) is 1.77. The van der Waals surface area contributed by atoms with Gasteiger partial charge in [-0.2, -0.15) is 0 Å². The van der Waals surface area contributed by atoms with Crippen LogP contribution < -0.4 is 5.32 Å². The largest absolute Gasteiger partial charge is 0.374 e. The zero-order valence-electron chi connectivity index (χ0n) is 13.0. The molecule has 23 heavy (non-hydrogen) atoms. The number of ether oxygens (including phenoxy) is 1. The molecule has 0 saturated carbocycles. The van der Waals surface area contributed by atoms with Crippen LogP contribution in [0.25, 0.3) is 0 Å². The molecule has 2 rings (SSSR count). The first kappa shape index (κ1) is 16.6. The van der Waals surface area contributed by atoms with E-state index in [9.17, 15) is 14.9 Å². The van der Waals surface area contributed by atoms with Crippen LogP contribution in [-0.4, -0.2) is 16.9 Å². The van der Waals surface area contributed by atoms with Crippen LogP contribution in [0.1, 0.15) is 29.8 Å². The smallest absolute Gasteiger partial charge is 0.271 e. The molecule has 0 bridgehead atoms. The average molecular weight is 314 g/mol. The van der Waals surface area contributed by atoms with Gasteiger partial charge in [0, 0.05) is 23.4 Å². The Labute approximate surface area is 134 Å². The number of carbonyl (C=O) groups is 1. The van der Waals surface area contributed by atoms with Gasteiger partial charge in [-0.3, -0.25) is 14.9 Å². The number of amides is 1. The molecule has 0 aliphatic heterocycles. The van der Waals surface area contributed by atoms with E-state index in [-0.39, 0.29) is 17.7 Å². The quantitative estimate of drug-likeness (QED) is 0.650. The number of nitro benzene ring substituents is 1. The summed E-state index contributed by atoms with van der Waals surface area (Å²) >= 11 is 0. The van der Waals surface area contributed by atoms with Crippen LogP contribution in [0, 0.1) is 10.1 Å². The van der Waals surface area contributed by atoms with Crippen molar-refractivity contribution in [2.75, 3.05) is 5.32 Å². The molecule has 6 heteroatoms. The maximum Gasteiger partial charge on any atom is 0.271 e. The first-order chi connectivity index (χ1) is 11.0. The summed E-state index contributed by atoms with van der Waals surface area (Å²) in [4.78, 5) is 22.4. The fourth-order valence-corrected chi connectivity index (χ4v) is 1.92. The molecule has 0 saturated heterocycles. The summed E-state index contributed by atoms with van der Waals surface area (Å²) in [6, 6.07) is 12.9. The molecule has 0 fully saturated rings. The summed E-state index contributed by atoms with van der Waals surface area (Å²) in [6.07, 6.45) is 0.145. The molecule has 1 amide bonds. The van der Waals surface area contributed by atoms with Crippen LogP contribution >= 0.6 is 0 Å². The summed E-state index contributed by atoms with van der Waals surface area (Å²) in [6.45, 7) is 4.41. The van der Waals surface area contributed by atoms with E-state index in [1.165, 1.54) is 18.2 Å². The Morgan fingerprint density at radius 1 is 1.22 bits per heavy atom. The number of benzene rings is 2. The third-order valence-electron chi connectivity index (χ3n) is 3.11. The maximum absolute atomic E-state index is 12.2. The van der Waals surface area contributed by atoms with Crippen molar-refractivity contribution < 1.29 is 14.5 Å². The first-order valence-corrected chi connectivity index (χ1v) is 7.22. The van der Waals surface area contributed by atoms with Gasteiger partial charge in [0.2, 0.25) is 0 Å². The van der Waals surface area contributed by atoms with Crippen molar-refractivity contribution in [1.82, 2.24) is 0 Å². The standard InChI is InChI=1S/C17H18N2O4/c1-12(2)23-11-13-6-8-14(9-7-13)17(20)18-15-4-3-5-16(10-15)19(21)22/h3-10,12H,11H2,1-2H3,(H,18,20). The van der Waals surface area contributed by atoms with Crippen molar-refractivity contribution >= 4 is 17.3 Å². The Bertz CT molecular complexity index is 696. The Morgan fingerprint density at radius 3 is 2.52 bits per heavy atom. The van der Waals surface area contributed by atoms with E-state index in [2.05, 4.69) is 5.32 Å². The number of non-ortho nitro benzene ring substituents is 1. The number of anilines is 1. The molecule has 0 aliphatic rings. The second kappa shape index (κ2) is 7.51. The number of hydrogen-bond acceptors (Lipinski definition) is 4. The van der Waals surface area contributed by atoms with Gasteiger partial charge in [0.15, 0.2) is 0 Å². The molecule has 6 nitrogen and oxygen atoms in total. The lowest BCUT2D eigenvalue weighted by Crippen LogP contribution is -2.12. The molecule has 0 atom stereocenters. The van der Waals surface area contributed by atoms with Crippen molar-refractivity contribution in [2.24, 2.45) is 0 Å². The van der Waals surface area contributed by atoms with Crippen molar-refractivity contribution in [3.8, 4) is 0 Å². The normalized spacial score (nSPS) is 10.6. The molecule has 0 spiro atoms. The van der Waals surface area contributed by atoms with Crippen LogP contribution in [0.2, 0.25) is 0 Å². The highest BCUT2D eigenvalue weighted by atomic mass is 16.6. The minimum Gasteiger partial charge on any atom is -0.374 e. The molecule has 120 valence electrons. The van der Waals surface area contributed by atoms with Crippen molar-refractivity contribution in [2.45, 2.75) is 26.6 Å². The van der Waals surface area contributed by atoms with E-state index in [1.54, 1.807) is 18.2 Å². The number of rotatable bonds is 6. The van der Waals surface area contributed by atoms with Gasteiger partial charge >= 0.3 is 0 Å². The van der Waals surface area contributed by atoms with Gasteiger partial charge in [0.25, 0.3) is 11.6 Å². The SMILES string of the molecule is CC(C)OCc1ccc(C(=O)Nc2cccc([N+](=O)[O-])c2)cc1. The summed E-state index contributed by atoms with van der Waals surface area (Å²) < 4.78 is 5.50. The molecule has 2 aromatic carbocycles. The number of carbonyl (C=O) groups excluding carboxylic acids is 1. The van der Waals surface area contributed by atoms with E-state index in [0.29, 0.717) is 17.9 Å². The van der Waals surface area contributed by atoms with E-state index >= 15 is 0 Å². The Hall–Kier alpha value is -2.73. The van der Waals surface area contributed by atoms with Crippen molar-refractivity contribution in [3.05, 3.63) is 69.8 Å². The van der Waals surface area contributed by atoms with Gasteiger partial charge in [-0.15, -0.1) is 0 Å². The van der Waals surface area contributed by atoms with Crippen molar-refractivity contribution in [3.63, 3.8) is 0 Å². The van der Waals surface area contributed by atoms with Gasteiger partial charge in [-0.1, -0.05) is 18.2 Å². The van der Waals surface area contributed by atoms with Gasteiger partial charge in [-0.05, 0) is 37.6 Å². The fourth-order valence-electron chi connectivity index (χ4n) is 1.92. The second-order valence-corrected chi connectivity index (χ2v) is 5.32. The molecule has 0 aromatic heterocycles. The number of hydrogen-bond donors (Lipinski definition) is 1. The van der Waals surface area contributed by atoms with Crippen LogP contribution in [0.3, 0.4) is 0 Å².